The summed E-state index contributed by atoms with van der Waals surface area (Å²) in [6.45, 7) is 4.93. The highest BCUT2D eigenvalue weighted by atomic mass is 35.5. The molecule has 29 heavy (non-hydrogen) atoms. The van der Waals surface area contributed by atoms with E-state index in [2.05, 4.69) is 10.5 Å². The fraction of sp³-hybridized carbons (Fsp3) is 0.333. The zero-order chi connectivity index (χ0) is 21.2. The lowest BCUT2D eigenvalue weighted by atomic mass is 10.2. The summed E-state index contributed by atoms with van der Waals surface area (Å²) in [6.07, 6.45) is 2.34. The minimum atomic E-state index is -0.379. The lowest BCUT2D eigenvalue weighted by Crippen LogP contribution is -2.17. The van der Waals surface area contributed by atoms with Crippen LogP contribution in [0.3, 0.4) is 0 Å². The molecule has 0 aliphatic heterocycles. The van der Waals surface area contributed by atoms with Crippen molar-refractivity contribution in [3.8, 4) is 23.0 Å². The van der Waals surface area contributed by atoms with Gasteiger partial charge in [-0.05, 0) is 49.2 Å². The van der Waals surface area contributed by atoms with E-state index >= 15 is 0 Å². The molecule has 0 aromatic heterocycles. The maximum Gasteiger partial charge on any atom is 0.271 e. The van der Waals surface area contributed by atoms with Gasteiger partial charge < -0.3 is 18.9 Å². The van der Waals surface area contributed by atoms with Crippen LogP contribution in [0.5, 0.6) is 23.0 Å². The highest BCUT2D eigenvalue weighted by Gasteiger charge is 2.12. The molecule has 2 rings (SSSR count). The number of hydrogen-bond donors (Lipinski definition) is 1. The average molecular weight is 421 g/mol. The molecule has 0 spiro atoms. The molecule has 0 atom stereocenters. The normalized spacial score (nSPS) is 10.7. The zero-order valence-electron chi connectivity index (χ0n) is 17.0. The summed E-state index contributed by atoms with van der Waals surface area (Å²) < 4.78 is 21.7. The van der Waals surface area contributed by atoms with Crippen LogP contribution >= 0.6 is 11.6 Å². The van der Waals surface area contributed by atoms with E-state index in [0.717, 1.165) is 6.42 Å². The molecule has 8 heteroatoms. The van der Waals surface area contributed by atoms with Crippen LogP contribution in [-0.4, -0.2) is 39.6 Å². The van der Waals surface area contributed by atoms with Gasteiger partial charge in [-0.3, -0.25) is 4.79 Å². The first kappa shape index (κ1) is 22.4. The van der Waals surface area contributed by atoms with Gasteiger partial charge in [0.05, 0.1) is 38.7 Å². The first-order valence-electron chi connectivity index (χ1n) is 9.18. The summed E-state index contributed by atoms with van der Waals surface area (Å²) in [5, 5.41) is 4.36. The third-order valence-electron chi connectivity index (χ3n) is 3.80. The molecule has 0 bridgehead atoms. The van der Waals surface area contributed by atoms with Crippen LogP contribution in [0, 0.1) is 0 Å². The summed E-state index contributed by atoms with van der Waals surface area (Å²) in [5.41, 5.74) is 3.53. The summed E-state index contributed by atoms with van der Waals surface area (Å²) in [4.78, 5) is 12.4. The molecule has 2 aromatic rings. The van der Waals surface area contributed by atoms with Gasteiger partial charge in [-0.1, -0.05) is 18.5 Å². The van der Waals surface area contributed by atoms with Crippen molar-refractivity contribution in [3.63, 3.8) is 0 Å². The topological polar surface area (TPSA) is 78.4 Å². The predicted octanol–water partition coefficient (Wildman–Crippen LogP) is 4.31. The molecule has 0 unspecified atom stereocenters. The van der Waals surface area contributed by atoms with Crippen LogP contribution in [0.4, 0.5) is 0 Å². The number of nitrogens with zero attached hydrogens (tertiary/aromatic N) is 1. The molecule has 0 aliphatic carbocycles. The third-order valence-corrected chi connectivity index (χ3v) is 4.08. The Labute approximate surface area is 175 Å². The second-order valence-corrected chi connectivity index (χ2v) is 6.29. The van der Waals surface area contributed by atoms with Crippen LogP contribution in [-0.2, 0) is 0 Å². The van der Waals surface area contributed by atoms with Crippen LogP contribution in [0.2, 0.25) is 5.02 Å². The number of nitrogens with one attached hydrogen (secondary N) is 1. The van der Waals surface area contributed by atoms with Gasteiger partial charge in [0.25, 0.3) is 5.91 Å². The quantitative estimate of drug-likeness (QED) is 0.457. The van der Waals surface area contributed by atoms with Crippen molar-refractivity contribution >= 4 is 23.7 Å². The number of hydrogen-bond acceptors (Lipinski definition) is 6. The number of ether oxygens (including phenoxy) is 4. The van der Waals surface area contributed by atoms with Crippen LogP contribution in [0.25, 0.3) is 0 Å². The summed E-state index contributed by atoms with van der Waals surface area (Å²) >= 11 is 6.17. The van der Waals surface area contributed by atoms with Crippen LogP contribution in [0.15, 0.2) is 35.4 Å². The summed E-state index contributed by atoms with van der Waals surface area (Å²) in [6, 6.07) is 8.37. The Bertz CT molecular complexity index is 870. The van der Waals surface area contributed by atoms with Gasteiger partial charge in [0, 0.05) is 5.56 Å². The fourth-order valence-corrected chi connectivity index (χ4v) is 2.79. The number of hydrazone groups is 1. The maximum absolute atomic E-state index is 12.4. The smallest absolute Gasteiger partial charge is 0.271 e. The number of carbonyl (C=O) groups excluding carboxylic acids is 1. The molecule has 0 aliphatic rings. The Morgan fingerprint density at radius 2 is 1.86 bits per heavy atom. The Balaban J connectivity index is 2.12. The number of carbonyl (C=O) groups is 1. The molecule has 1 N–H and O–H groups in total. The molecule has 0 radical (unpaired) electrons. The van der Waals surface area contributed by atoms with E-state index in [9.17, 15) is 4.79 Å². The molecule has 1 amide bonds. The van der Waals surface area contributed by atoms with Gasteiger partial charge in [0.1, 0.15) is 0 Å². The first-order valence-corrected chi connectivity index (χ1v) is 9.56. The fourth-order valence-electron chi connectivity index (χ4n) is 2.49. The van der Waals surface area contributed by atoms with Gasteiger partial charge in [0.2, 0.25) is 0 Å². The number of benzene rings is 2. The molecular weight excluding hydrogens is 396 g/mol. The van der Waals surface area contributed by atoms with Gasteiger partial charge in [-0.2, -0.15) is 5.10 Å². The largest absolute Gasteiger partial charge is 0.493 e. The van der Waals surface area contributed by atoms with Gasteiger partial charge >= 0.3 is 0 Å². The Kier molecular flexibility index (Phi) is 8.61. The van der Waals surface area contributed by atoms with E-state index in [4.69, 9.17) is 30.5 Å². The molecule has 2 aromatic carbocycles. The van der Waals surface area contributed by atoms with Crippen molar-refractivity contribution in [1.82, 2.24) is 5.43 Å². The first-order chi connectivity index (χ1) is 14.0. The van der Waals surface area contributed by atoms with Crippen molar-refractivity contribution in [1.29, 1.82) is 0 Å². The van der Waals surface area contributed by atoms with Crippen molar-refractivity contribution in [3.05, 3.63) is 46.5 Å². The summed E-state index contributed by atoms with van der Waals surface area (Å²) in [7, 11) is 3.02. The van der Waals surface area contributed by atoms with Gasteiger partial charge in [-0.25, -0.2) is 5.43 Å². The lowest BCUT2D eigenvalue weighted by molar-refractivity contribution is 0.0954. The molecule has 0 heterocycles. The second kappa shape index (κ2) is 11.2. The van der Waals surface area contributed by atoms with Crippen molar-refractivity contribution in [2.24, 2.45) is 5.10 Å². The number of amides is 1. The van der Waals surface area contributed by atoms with Gasteiger partial charge in [-0.15, -0.1) is 0 Å². The highest BCUT2D eigenvalue weighted by molar-refractivity contribution is 6.32. The monoisotopic (exact) mass is 420 g/mol. The van der Waals surface area contributed by atoms with E-state index in [0.29, 0.717) is 52.4 Å². The minimum absolute atomic E-state index is 0.378. The molecule has 0 saturated heterocycles. The molecule has 156 valence electrons. The van der Waals surface area contributed by atoms with Crippen LogP contribution < -0.4 is 24.4 Å². The lowest BCUT2D eigenvalue weighted by Gasteiger charge is -2.12. The predicted molar refractivity (Wildman–Crippen MR) is 113 cm³/mol. The average Bonchev–Trinajstić information content (AvgIpc) is 2.72. The minimum Gasteiger partial charge on any atom is -0.493 e. The summed E-state index contributed by atoms with van der Waals surface area (Å²) in [5.74, 6) is 1.65. The molecule has 0 saturated carbocycles. The highest BCUT2D eigenvalue weighted by Crippen LogP contribution is 2.35. The zero-order valence-corrected chi connectivity index (χ0v) is 17.7. The second-order valence-electron chi connectivity index (χ2n) is 5.88. The Morgan fingerprint density at radius 3 is 2.52 bits per heavy atom. The van der Waals surface area contributed by atoms with E-state index in [-0.39, 0.29) is 5.91 Å². The SMILES string of the molecule is CCCOc1ccc(C(=O)N/N=C/c2cc(Cl)c(OC)c(OC)c2)cc1OCC. The van der Waals surface area contributed by atoms with Crippen LogP contribution in [0.1, 0.15) is 36.2 Å². The number of halogens is 1. The molecule has 7 nitrogen and oxygen atoms in total. The van der Waals surface area contributed by atoms with Crippen molar-refractivity contribution < 1.29 is 23.7 Å². The maximum atomic E-state index is 12.4. The van der Waals surface area contributed by atoms with E-state index < -0.39 is 0 Å². The van der Waals surface area contributed by atoms with Gasteiger partial charge in [0.15, 0.2) is 23.0 Å². The van der Waals surface area contributed by atoms with Crippen molar-refractivity contribution in [2.75, 3.05) is 27.4 Å². The van der Waals surface area contributed by atoms with Crippen molar-refractivity contribution in [2.45, 2.75) is 20.3 Å². The Morgan fingerprint density at radius 1 is 1.07 bits per heavy atom. The molecular formula is C21H25ClN2O5. The Hall–Kier alpha value is -2.93. The number of methoxy groups -OCH3 is 2. The number of rotatable bonds is 10. The third kappa shape index (κ3) is 6.02. The van der Waals surface area contributed by atoms with E-state index in [1.165, 1.54) is 20.4 Å². The standard InChI is InChI=1S/C21H25ClN2O5/c1-5-9-29-17-8-7-15(12-18(17)28-6-2)21(25)24-23-13-14-10-16(22)20(27-4)19(11-14)26-3/h7-8,10-13H,5-6,9H2,1-4H3,(H,24,25)/b23-13+. The van der Waals surface area contributed by atoms with E-state index in [1.807, 2.05) is 13.8 Å². The molecule has 0 fully saturated rings. The van der Waals surface area contributed by atoms with E-state index in [1.54, 1.807) is 30.3 Å².